The van der Waals surface area contributed by atoms with Gasteiger partial charge in [-0.2, -0.15) is 0 Å². The van der Waals surface area contributed by atoms with E-state index in [1.165, 1.54) is 11.8 Å². The summed E-state index contributed by atoms with van der Waals surface area (Å²) >= 11 is 1.28. The second kappa shape index (κ2) is 8.79. The number of nitrogens with zero attached hydrogens (tertiary/aromatic N) is 4. The first kappa shape index (κ1) is 21.9. The van der Waals surface area contributed by atoms with Crippen molar-refractivity contribution in [3.8, 4) is 5.69 Å². The van der Waals surface area contributed by atoms with Crippen molar-refractivity contribution in [2.24, 2.45) is 0 Å². The maximum atomic E-state index is 13.4. The summed E-state index contributed by atoms with van der Waals surface area (Å²) in [6, 6.07) is 21.0. The molecule has 0 saturated heterocycles. The van der Waals surface area contributed by atoms with Gasteiger partial charge in [0, 0.05) is 5.69 Å². The number of nitrogens with one attached hydrogen (secondary N) is 1. The highest BCUT2D eigenvalue weighted by Gasteiger charge is 2.19. The van der Waals surface area contributed by atoms with Crippen LogP contribution in [0.1, 0.15) is 16.7 Å². The lowest BCUT2D eigenvalue weighted by atomic mass is 10.1. The van der Waals surface area contributed by atoms with Crippen molar-refractivity contribution in [2.75, 3.05) is 11.1 Å². The summed E-state index contributed by atoms with van der Waals surface area (Å²) in [6.45, 7) is 5.91. The molecule has 2 heterocycles. The Morgan fingerprint density at radius 3 is 2.53 bits per heavy atom. The molecule has 1 amide bonds. The van der Waals surface area contributed by atoms with E-state index in [0.717, 1.165) is 28.1 Å². The predicted molar refractivity (Wildman–Crippen MR) is 136 cm³/mol. The molecule has 0 aliphatic rings. The summed E-state index contributed by atoms with van der Waals surface area (Å²) in [6.07, 6.45) is 0. The zero-order valence-electron chi connectivity index (χ0n) is 19.1. The van der Waals surface area contributed by atoms with E-state index in [2.05, 4.69) is 15.5 Å². The first-order valence-electron chi connectivity index (χ1n) is 10.9. The van der Waals surface area contributed by atoms with E-state index < -0.39 is 0 Å². The Hall–Kier alpha value is -3.91. The van der Waals surface area contributed by atoms with Crippen LogP contribution in [0.5, 0.6) is 0 Å². The molecule has 0 spiro atoms. The Morgan fingerprint density at radius 1 is 0.941 bits per heavy atom. The monoisotopic (exact) mass is 469 g/mol. The zero-order chi connectivity index (χ0) is 23.8. The van der Waals surface area contributed by atoms with E-state index in [0.29, 0.717) is 21.8 Å². The molecule has 5 aromatic rings. The molecule has 7 nitrogen and oxygen atoms in total. The molecule has 0 radical (unpaired) electrons. The van der Waals surface area contributed by atoms with Gasteiger partial charge < -0.3 is 5.32 Å². The van der Waals surface area contributed by atoms with Crippen molar-refractivity contribution in [3.63, 3.8) is 0 Å². The van der Waals surface area contributed by atoms with Gasteiger partial charge in [0.15, 0.2) is 5.16 Å². The summed E-state index contributed by atoms with van der Waals surface area (Å²) in [5.74, 6) is 0.439. The van der Waals surface area contributed by atoms with Gasteiger partial charge in [0.05, 0.1) is 22.3 Å². The summed E-state index contributed by atoms with van der Waals surface area (Å²) in [4.78, 5) is 26.2. The molecule has 0 fully saturated rings. The quantitative estimate of drug-likeness (QED) is 0.378. The average molecular weight is 470 g/mol. The van der Waals surface area contributed by atoms with Crippen molar-refractivity contribution < 1.29 is 4.79 Å². The number of amides is 1. The van der Waals surface area contributed by atoms with Gasteiger partial charge in [-0.3, -0.25) is 14.0 Å². The molecule has 0 atom stereocenters. The molecule has 170 valence electrons. The van der Waals surface area contributed by atoms with Gasteiger partial charge >= 0.3 is 0 Å². The Balaban J connectivity index is 1.56. The van der Waals surface area contributed by atoms with Crippen LogP contribution in [0.3, 0.4) is 0 Å². The van der Waals surface area contributed by atoms with Gasteiger partial charge in [-0.05, 0) is 61.7 Å². The van der Waals surface area contributed by atoms with E-state index in [-0.39, 0.29) is 17.2 Å². The molecule has 0 unspecified atom stereocenters. The van der Waals surface area contributed by atoms with E-state index in [1.54, 1.807) is 10.6 Å². The largest absolute Gasteiger partial charge is 0.325 e. The highest BCUT2D eigenvalue weighted by atomic mass is 32.2. The fourth-order valence-electron chi connectivity index (χ4n) is 3.99. The maximum absolute atomic E-state index is 13.4. The molecule has 0 aliphatic carbocycles. The van der Waals surface area contributed by atoms with Crippen LogP contribution in [-0.4, -0.2) is 30.8 Å². The molecule has 1 N–H and O–H groups in total. The van der Waals surface area contributed by atoms with Gasteiger partial charge in [0.2, 0.25) is 11.7 Å². The van der Waals surface area contributed by atoms with Gasteiger partial charge in [0.1, 0.15) is 0 Å². The number of carbonyl (C=O) groups excluding carboxylic acids is 1. The average Bonchev–Trinajstić information content (AvgIpc) is 3.25. The van der Waals surface area contributed by atoms with Crippen molar-refractivity contribution >= 4 is 40.0 Å². The Labute approximate surface area is 200 Å². The van der Waals surface area contributed by atoms with E-state index in [1.807, 2.05) is 85.8 Å². The molecule has 34 heavy (non-hydrogen) atoms. The first-order valence-corrected chi connectivity index (χ1v) is 11.9. The van der Waals surface area contributed by atoms with Gasteiger partial charge in [-0.15, -0.1) is 10.2 Å². The van der Waals surface area contributed by atoms with E-state index >= 15 is 0 Å². The van der Waals surface area contributed by atoms with Crippen LogP contribution in [0.2, 0.25) is 0 Å². The van der Waals surface area contributed by atoms with Gasteiger partial charge in [-0.1, -0.05) is 54.2 Å². The van der Waals surface area contributed by atoms with Gasteiger partial charge in [-0.25, -0.2) is 4.57 Å². The van der Waals surface area contributed by atoms with E-state index in [4.69, 9.17) is 0 Å². The van der Waals surface area contributed by atoms with Crippen LogP contribution in [0.25, 0.3) is 22.4 Å². The second-order valence-corrected chi connectivity index (χ2v) is 9.16. The number of hydrogen-bond acceptors (Lipinski definition) is 5. The lowest BCUT2D eigenvalue weighted by Crippen LogP contribution is -2.22. The minimum Gasteiger partial charge on any atom is -0.325 e. The third-order valence-corrected chi connectivity index (χ3v) is 6.68. The minimum atomic E-state index is -0.158. The molecule has 0 aliphatic heterocycles. The summed E-state index contributed by atoms with van der Waals surface area (Å²) in [7, 11) is 0. The van der Waals surface area contributed by atoms with Crippen molar-refractivity contribution in [1.29, 1.82) is 0 Å². The zero-order valence-corrected chi connectivity index (χ0v) is 19.9. The fourth-order valence-corrected chi connectivity index (χ4v) is 4.73. The molecule has 0 saturated carbocycles. The smallest absolute Gasteiger partial charge is 0.267 e. The maximum Gasteiger partial charge on any atom is 0.267 e. The lowest BCUT2D eigenvalue weighted by Gasteiger charge is -2.13. The molecule has 3 aromatic carbocycles. The second-order valence-electron chi connectivity index (χ2n) is 8.22. The Kier molecular flexibility index (Phi) is 5.67. The summed E-state index contributed by atoms with van der Waals surface area (Å²) < 4.78 is 3.43. The molecule has 8 heteroatoms. The number of carbonyl (C=O) groups is 1. The third-order valence-electron chi connectivity index (χ3n) is 5.75. The van der Waals surface area contributed by atoms with Crippen LogP contribution in [0.15, 0.2) is 76.7 Å². The molecular weight excluding hydrogens is 446 g/mol. The number of aryl methyl sites for hydroxylation is 3. The minimum absolute atomic E-state index is 0.132. The number of thioether (sulfide) groups is 1. The molecule has 0 bridgehead atoms. The number of aromatic nitrogens is 4. The van der Waals surface area contributed by atoms with Crippen LogP contribution >= 0.6 is 11.8 Å². The number of anilines is 1. The van der Waals surface area contributed by atoms with Crippen molar-refractivity contribution in [3.05, 3.63) is 93.8 Å². The third kappa shape index (κ3) is 3.86. The highest BCUT2D eigenvalue weighted by Crippen LogP contribution is 2.24. The van der Waals surface area contributed by atoms with Gasteiger partial charge in [0.25, 0.3) is 5.56 Å². The van der Waals surface area contributed by atoms with Crippen LogP contribution < -0.4 is 10.9 Å². The lowest BCUT2D eigenvalue weighted by molar-refractivity contribution is -0.113. The van der Waals surface area contributed by atoms with Crippen molar-refractivity contribution in [1.82, 2.24) is 19.2 Å². The SMILES string of the molecule is Cc1ccc(C)c(NC(=O)CSc2nnc3n(-c4ccccc4C)c(=O)c4ccccc4n23)c1. The molecule has 2 aromatic heterocycles. The van der Waals surface area contributed by atoms with E-state index in [9.17, 15) is 9.59 Å². The normalized spacial score (nSPS) is 11.3. The number of para-hydroxylation sites is 2. The standard InChI is InChI=1S/C26H23N5O2S/c1-16-12-13-17(2)20(14-16)27-23(32)15-34-26-29-28-25-30(21-10-6-4-8-18(21)3)24(33)19-9-5-7-11-22(19)31(25)26/h4-14H,15H2,1-3H3,(H,27,32). The topological polar surface area (TPSA) is 81.3 Å². The highest BCUT2D eigenvalue weighted by molar-refractivity contribution is 7.99. The Morgan fingerprint density at radius 2 is 1.71 bits per heavy atom. The summed E-state index contributed by atoms with van der Waals surface area (Å²) in [5.41, 5.74) is 5.13. The van der Waals surface area contributed by atoms with Crippen molar-refractivity contribution in [2.45, 2.75) is 25.9 Å². The number of rotatable bonds is 5. The van der Waals surface area contributed by atoms with Crippen LogP contribution in [-0.2, 0) is 4.79 Å². The number of benzene rings is 3. The molecular formula is C26H23N5O2S. The predicted octanol–water partition coefficient (Wildman–Crippen LogP) is 4.69. The van der Waals surface area contributed by atoms with Crippen LogP contribution in [0, 0.1) is 20.8 Å². The molecule has 5 rings (SSSR count). The van der Waals surface area contributed by atoms with Crippen LogP contribution in [0.4, 0.5) is 5.69 Å². The number of hydrogen-bond donors (Lipinski definition) is 1. The summed E-state index contributed by atoms with van der Waals surface area (Å²) in [5, 5.41) is 12.8. The number of fused-ring (bicyclic) bond motifs is 3. The Bertz CT molecular complexity index is 1620. The fraction of sp³-hybridized carbons (Fsp3) is 0.154. The first-order chi connectivity index (χ1) is 16.4.